The smallest absolute Gasteiger partial charge is 0.246 e. The summed E-state index contributed by atoms with van der Waals surface area (Å²) in [6, 6.07) is 18.1. The van der Waals surface area contributed by atoms with E-state index in [4.69, 9.17) is 4.42 Å². The number of furan rings is 1. The van der Waals surface area contributed by atoms with Gasteiger partial charge in [-0.3, -0.25) is 4.79 Å². The van der Waals surface area contributed by atoms with Crippen molar-refractivity contribution in [2.24, 2.45) is 0 Å². The molecule has 4 rings (SSSR count). The molecule has 0 unspecified atom stereocenters. The molecule has 0 bridgehead atoms. The number of rotatable bonds is 6. The summed E-state index contributed by atoms with van der Waals surface area (Å²) in [5.41, 5.74) is 1.74. The Bertz CT molecular complexity index is 1200. The summed E-state index contributed by atoms with van der Waals surface area (Å²) >= 11 is 0. The Labute approximate surface area is 187 Å². The number of carbonyl (C=O) groups is 1. The minimum absolute atomic E-state index is 0.0295. The number of amides is 1. The van der Waals surface area contributed by atoms with Crippen LogP contribution in [0.1, 0.15) is 17.7 Å². The zero-order chi connectivity index (χ0) is 22.7. The molecule has 7 nitrogen and oxygen atoms in total. The third-order valence-corrected chi connectivity index (χ3v) is 7.56. The van der Waals surface area contributed by atoms with Crippen LogP contribution in [0.5, 0.6) is 5.75 Å². The lowest BCUT2D eigenvalue weighted by atomic mass is 10.2. The molecule has 3 aromatic rings. The molecule has 2 aromatic carbocycles. The van der Waals surface area contributed by atoms with Crippen LogP contribution in [0.15, 0.2) is 70.0 Å². The second-order valence-electron chi connectivity index (χ2n) is 7.89. The van der Waals surface area contributed by atoms with Gasteiger partial charge in [0.25, 0.3) is 0 Å². The molecule has 0 radical (unpaired) electrons. The number of sulfonamides is 1. The van der Waals surface area contributed by atoms with Gasteiger partial charge in [-0.15, -0.1) is 0 Å². The molecule has 2 heterocycles. The van der Waals surface area contributed by atoms with Crippen LogP contribution in [0, 0.1) is 6.92 Å². The van der Waals surface area contributed by atoms with E-state index in [1.165, 1.54) is 16.4 Å². The van der Waals surface area contributed by atoms with E-state index in [9.17, 15) is 18.3 Å². The average Bonchev–Trinajstić information content (AvgIpc) is 3.29. The lowest BCUT2D eigenvalue weighted by Crippen LogP contribution is -2.50. The van der Waals surface area contributed by atoms with E-state index in [1.807, 2.05) is 42.5 Å². The van der Waals surface area contributed by atoms with Gasteiger partial charge in [-0.1, -0.05) is 36.4 Å². The molecule has 1 amide bonds. The maximum atomic E-state index is 12.9. The van der Waals surface area contributed by atoms with Crippen LogP contribution in [0.2, 0.25) is 0 Å². The van der Waals surface area contributed by atoms with Crippen LogP contribution in [0.3, 0.4) is 0 Å². The van der Waals surface area contributed by atoms with E-state index in [1.54, 1.807) is 17.9 Å². The van der Waals surface area contributed by atoms with E-state index >= 15 is 0 Å². The number of phenols is 1. The van der Waals surface area contributed by atoms with Gasteiger partial charge in [-0.05, 0) is 36.8 Å². The van der Waals surface area contributed by atoms with E-state index < -0.39 is 10.0 Å². The van der Waals surface area contributed by atoms with Crippen molar-refractivity contribution < 1.29 is 22.7 Å². The molecule has 0 saturated carbocycles. The quantitative estimate of drug-likeness (QED) is 0.616. The minimum Gasteiger partial charge on any atom is -0.507 e. The Morgan fingerprint density at radius 3 is 2.44 bits per heavy atom. The molecule has 1 N–H and O–H groups in total. The lowest BCUT2D eigenvalue weighted by Gasteiger charge is -2.34. The first-order valence-corrected chi connectivity index (χ1v) is 12.0. The van der Waals surface area contributed by atoms with E-state index in [0.717, 1.165) is 22.6 Å². The predicted molar refractivity (Wildman–Crippen MR) is 121 cm³/mol. The maximum absolute atomic E-state index is 12.9. The molecule has 0 atom stereocenters. The number of aromatic hydroxyl groups is 1. The van der Waals surface area contributed by atoms with Gasteiger partial charge in [-0.2, -0.15) is 4.31 Å². The summed E-state index contributed by atoms with van der Waals surface area (Å²) in [5, 5.41) is 10.0. The summed E-state index contributed by atoms with van der Waals surface area (Å²) in [4.78, 5) is 14.2. The second kappa shape index (κ2) is 9.18. The maximum Gasteiger partial charge on any atom is 0.246 e. The number of carbonyl (C=O) groups excluding carboxylic acids is 1. The molecule has 1 aliphatic rings. The number of nitrogens with zero attached hydrogens (tertiary/aromatic N) is 2. The van der Waals surface area contributed by atoms with Gasteiger partial charge in [0.15, 0.2) is 0 Å². The number of aryl methyl sites for hydroxylation is 2. The Balaban J connectivity index is 1.32. The van der Waals surface area contributed by atoms with Crippen LogP contribution in [0.25, 0.3) is 11.3 Å². The molecule has 0 spiro atoms. The van der Waals surface area contributed by atoms with Crippen molar-refractivity contribution in [3.63, 3.8) is 0 Å². The van der Waals surface area contributed by atoms with Gasteiger partial charge in [0.1, 0.15) is 22.2 Å². The van der Waals surface area contributed by atoms with E-state index in [0.29, 0.717) is 25.9 Å². The molecule has 1 aromatic heterocycles. The van der Waals surface area contributed by atoms with Gasteiger partial charge in [0.2, 0.25) is 15.9 Å². The Kier molecular flexibility index (Phi) is 6.34. The number of hydrogen-bond acceptors (Lipinski definition) is 5. The molecule has 168 valence electrons. The first kappa shape index (κ1) is 22.1. The molecule has 0 aliphatic carbocycles. The first-order chi connectivity index (χ1) is 15.3. The van der Waals surface area contributed by atoms with Crippen molar-refractivity contribution in [2.75, 3.05) is 26.2 Å². The second-order valence-corrected chi connectivity index (χ2v) is 9.79. The number of hydrogen-bond donors (Lipinski definition) is 1. The van der Waals surface area contributed by atoms with Crippen LogP contribution in [-0.2, 0) is 21.2 Å². The van der Waals surface area contributed by atoms with Crippen molar-refractivity contribution in [3.8, 4) is 17.1 Å². The van der Waals surface area contributed by atoms with Crippen molar-refractivity contribution in [3.05, 3.63) is 72.0 Å². The summed E-state index contributed by atoms with van der Waals surface area (Å²) in [5.74, 6) is 1.22. The highest BCUT2D eigenvalue weighted by Crippen LogP contribution is 2.27. The molecule has 1 aliphatic heterocycles. The first-order valence-electron chi connectivity index (χ1n) is 10.6. The van der Waals surface area contributed by atoms with Crippen LogP contribution in [0.4, 0.5) is 0 Å². The van der Waals surface area contributed by atoms with Crippen molar-refractivity contribution in [2.45, 2.75) is 24.7 Å². The Hall–Kier alpha value is -3.10. The van der Waals surface area contributed by atoms with E-state index in [2.05, 4.69) is 0 Å². The van der Waals surface area contributed by atoms with Crippen molar-refractivity contribution in [1.29, 1.82) is 0 Å². The molecule has 1 fully saturated rings. The standard InChI is InChI=1S/C24H26N2O5S/c1-18-7-10-21(27)23(17-18)32(29,30)26-15-13-25(14-16-26)24(28)12-9-20-8-11-22(31-20)19-5-3-2-4-6-19/h2-8,10-11,17,27H,9,12-16H2,1H3. The molecule has 8 heteroatoms. The van der Waals surface area contributed by atoms with Gasteiger partial charge >= 0.3 is 0 Å². The summed E-state index contributed by atoms with van der Waals surface area (Å²) in [7, 11) is -3.81. The lowest BCUT2D eigenvalue weighted by molar-refractivity contribution is -0.132. The molecule has 32 heavy (non-hydrogen) atoms. The fraction of sp³-hybridized carbons (Fsp3) is 0.292. The topological polar surface area (TPSA) is 91.1 Å². The molecule has 1 saturated heterocycles. The monoisotopic (exact) mass is 454 g/mol. The van der Waals surface area contributed by atoms with Crippen molar-refractivity contribution in [1.82, 2.24) is 9.21 Å². The zero-order valence-corrected chi connectivity index (χ0v) is 18.7. The molecular formula is C24H26N2O5S. The predicted octanol–water partition coefficient (Wildman–Crippen LogP) is 3.43. The summed E-state index contributed by atoms with van der Waals surface area (Å²) < 4.78 is 33.0. The van der Waals surface area contributed by atoms with Gasteiger partial charge in [0.05, 0.1) is 0 Å². The highest BCUT2D eigenvalue weighted by Gasteiger charge is 2.31. The third-order valence-electron chi connectivity index (χ3n) is 5.63. The summed E-state index contributed by atoms with van der Waals surface area (Å²) in [6.45, 7) is 2.80. The zero-order valence-electron chi connectivity index (χ0n) is 17.9. The highest BCUT2D eigenvalue weighted by atomic mass is 32.2. The average molecular weight is 455 g/mol. The van der Waals surface area contributed by atoms with Crippen LogP contribution in [-0.4, -0.2) is 54.8 Å². The minimum atomic E-state index is -3.81. The highest BCUT2D eigenvalue weighted by molar-refractivity contribution is 7.89. The fourth-order valence-electron chi connectivity index (χ4n) is 3.80. The molecular weight excluding hydrogens is 428 g/mol. The Morgan fingerprint density at radius 2 is 1.72 bits per heavy atom. The van der Waals surface area contributed by atoms with Gasteiger partial charge < -0.3 is 14.4 Å². The van der Waals surface area contributed by atoms with E-state index in [-0.39, 0.29) is 29.6 Å². The largest absolute Gasteiger partial charge is 0.507 e. The Morgan fingerprint density at radius 1 is 1.00 bits per heavy atom. The van der Waals surface area contributed by atoms with Crippen LogP contribution < -0.4 is 0 Å². The SMILES string of the molecule is Cc1ccc(O)c(S(=O)(=O)N2CCN(C(=O)CCc3ccc(-c4ccccc4)o3)CC2)c1. The van der Waals surface area contributed by atoms with Crippen molar-refractivity contribution >= 4 is 15.9 Å². The third kappa shape index (κ3) is 4.71. The van der Waals surface area contributed by atoms with Gasteiger partial charge in [-0.25, -0.2) is 8.42 Å². The number of phenolic OH excluding ortho intramolecular Hbond substituents is 1. The van der Waals surface area contributed by atoms with Crippen LogP contribution >= 0.6 is 0 Å². The summed E-state index contributed by atoms with van der Waals surface area (Å²) in [6.07, 6.45) is 0.786. The van der Waals surface area contributed by atoms with Gasteiger partial charge in [0, 0.05) is 44.6 Å². The number of piperazine rings is 1. The normalized spacial score (nSPS) is 15.1. The fourth-order valence-corrected chi connectivity index (χ4v) is 5.39. The number of benzene rings is 2.